The minimum atomic E-state index is 0. The molecule has 2 aliphatic rings. The molecule has 0 spiro atoms. The Labute approximate surface area is 185 Å². The molecule has 1 N–H and O–H groups in total. The fraction of sp³-hybridized carbons (Fsp3) is 0.182. The number of aliphatic hydroxyl groups is 1. The molecule has 0 aliphatic heterocycles. The van der Waals surface area contributed by atoms with E-state index in [1.807, 2.05) is 0 Å². The number of hydrogen-bond donors (Lipinski definition) is 1. The molecule has 2 aromatic carbocycles. The molecular formula is C22H19Cl2OZr. The summed E-state index contributed by atoms with van der Waals surface area (Å²) in [6.07, 6.45) is 11.9. The van der Waals surface area contributed by atoms with Gasteiger partial charge in [-0.25, -0.2) is 0 Å². The van der Waals surface area contributed by atoms with E-state index < -0.39 is 0 Å². The molecule has 0 aromatic heterocycles. The molecule has 2 aliphatic carbocycles. The van der Waals surface area contributed by atoms with Gasteiger partial charge in [0.2, 0.25) is 0 Å². The van der Waals surface area contributed by atoms with E-state index in [2.05, 4.69) is 67.6 Å². The Morgan fingerprint density at radius 2 is 1.85 bits per heavy atom. The standard InChI is InChI=1S/C22H19O.2ClH.Zr/c1-2-16-9-10-20-19-6-4-3-5-17(19)14-21(20)22(16)18-8-7-15(13-18)11-12-23;;;/h2-7,9-10,13,23H,8,11-12H2,1H3;2*1H;/q-1;;;+3/p-2. The van der Waals surface area contributed by atoms with Gasteiger partial charge in [-0.3, -0.25) is 0 Å². The normalized spacial score (nSPS) is 14.0. The second-order valence-corrected chi connectivity index (χ2v) is 6.04. The van der Waals surface area contributed by atoms with Crippen LogP contribution in [0.5, 0.6) is 0 Å². The fourth-order valence-corrected chi connectivity index (χ4v) is 3.58. The molecule has 0 saturated heterocycles. The molecule has 0 saturated carbocycles. The first-order chi connectivity index (χ1) is 11.3. The zero-order valence-electron chi connectivity index (χ0n) is 14.5. The monoisotopic (exact) mass is 459 g/mol. The van der Waals surface area contributed by atoms with Gasteiger partial charge in [0.15, 0.2) is 0 Å². The van der Waals surface area contributed by atoms with Crippen molar-refractivity contribution < 1.29 is 56.1 Å². The quantitative estimate of drug-likeness (QED) is 0.410. The average Bonchev–Trinajstić information content (AvgIpc) is 3.18. The van der Waals surface area contributed by atoms with E-state index in [1.165, 1.54) is 43.1 Å². The first-order valence-corrected chi connectivity index (χ1v) is 8.15. The summed E-state index contributed by atoms with van der Waals surface area (Å²) < 4.78 is 0. The summed E-state index contributed by atoms with van der Waals surface area (Å²) in [4.78, 5) is 0. The van der Waals surface area contributed by atoms with Crippen LogP contribution in [0.4, 0.5) is 0 Å². The van der Waals surface area contributed by atoms with Crippen molar-refractivity contribution in [1.29, 1.82) is 0 Å². The SMILES string of the molecule is CC=c1ccc2c(c1C1=CC(CCO)=CC1)[C-]=c1ccccc1=2.[Cl-].[Cl-].[Zr+3]. The zero-order chi connectivity index (χ0) is 15.8. The predicted octanol–water partition coefficient (Wildman–Crippen LogP) is -3.11. The molecule has 4 heteroatoms. The van der Waals surface area contributed by atoms with Crippen molar-refractivity contribution in [3.8, 4) is 0 Å². The van der Waals surface area contributed by atoms with Crippen LogP contribution in [0.3, 0.4) is 0 Å². The van der Waals surface area contributed by atoms with Crippen molar-refractivity contribution in [2.45, 2.75) is 19.8 Å². The maximum atomic E-state index is 9.17. The first kappa shape index (κ1) is 23.1. The number of allylic oxidation sites excluding steroid dienone is 3. The van der Waals surface area contributed by atoms with Gasteiger partial charge in [-0.1, -0.05) is 64.9 Å². The van der Waals surface area contributed by atoms with Crippen LogP contribution >= 0.6 is 0 Å². The number of aliphatic hydroxyl groups excluding tert-OH is 1. The molecule has 1 radical (unpaired) electrons. The summed E-state index contributed by atoms with van der Waals surface area (Å²) >= 11 is 0. The number of fused-ring (bicyclic) bond motifs is 2. The van der Waals surface area contributed by atoms with Crippen LogP contribution in [0.25, 0.3) is 17.7 Å². The van der Waals surface area contributed by atoms with E-state index in [9.17, 15) is 0 Å². The Hall–Kier alpha value is -0.917. The Balaban J connectivity index is 0.00000113. The Bertz CT molecular complexity index is 1070. The van der Waals surface area contributed by atoms with Crippen LogP contribution in [-0.2, 0) is 26.2 Å². The maximum absolute atomic E-state index is 9.17. The Morgan fingerprint density at radius 1 is 1.08 bits per heavy atom. The summed E-state index contributed by atoms with van der Waals surface area (Å²) in [5.41, 5.74) is 5.08. The van der Waals surface area contributed by atoms with Gasteiger partial charge in [-0.15, -0.1) is 33.4 Å². The van der Waals surface area contributed by atoms with Gasteiger partial charge < -0.3 is 29.9 Å². The molecule has 0 bridgehead atoms. The van der Waals surface area contributed by atoms with Gasteiger partial charge in [-0.2, -0.15) is 0 Å². The van der Waals surface area contributed by atoms with E-state index in [-0.39, 0.29) is 57.6 Å². The van der Waals surface area contributed by atoms with Gasteiger partial charge in [0.1, 0.15) is 0 Å². The molecule has 0 fully saturated rings. The minimum absolute atomic E-state index is 0. The molecule has 2 aromatic rings. The number of benzene rings is 2. The third-order valence-corrected chi connectivity index (χ3v) is 4.69. The molecule has 1 nitrogen and oxygen atoms in total. The van der Waals surface area contributed by atoms with E-state index in [0.29, 0.717) is 0 Å². The molecule has 0 amide bonds. The van der Waals surface area contributed by atoms with Crippen molar-refractivity contribution in [3.05, 3.63) is 86.1 Å². The Kier molecular flexibility index (Phi) is 8.77. The molecule has 4 rings (SSSR count). The summed E-state index contributed by atoms with van der Waals surface area (Å²) in [6, 6.07) is 12.9. The predicted molar refractivity (Wildman–Crippen MR) is 94.8 cm³/mol. The molecule has 131 valence electrons. The van der Waals surface area contributed by atoms with Crippen molar-refractivity contribution in [2.24, 2.45) is 0 Å². The summed E-state index contributed by atoms with van der Waals surface area (Å²) in [6.45, 7) is 2.30. The van der Waals surface area contributed by atoms with Crippen molar-refractivity contribution >= 4 is 17.7 Å². The molecule has 26 heavy (non-hydrogen) atoms. The molecular weight excluding hydrogens is 442 g/mol. The van der Waals surface area contributed by atoms with E-state index in [0.717, 1.165) is 12.8 Å². The van der Waals surface area contributed by atoms with Crippen LogP contribution in [0, 0.1) is 10.4 Å². The van der Waals surface area contributed by atoms with Crippen molar-refractivity contribution in [3.63, 3.8) is 0 Å². The van der Waals surface area contributed by atoms with Crippen LogP contribution in [0.15, 0.2) is 54.1 Å². The van der Waals surface area contributed by atoms with Gasteiger partial charge in [0.05, 0.1) is 0 Å². The third-order valence-electron chi connectivity index (χ3n) is 4.69. The second kappa shape index (κ2) is 9.86. The number of hydrogen-bond acceptors (Lipinski definition) is 1. The topological polar surface area (TPSA) is 20.2 Å². The number of rotatable bonds is 3. The summed E-state index contributed by atoms with van der Waals surface area (Å²) in [7, 11) is 0. The Morgan fingerprint density at radius 3 is 2.58 bits per heavy atom. The van der Waals surface area contributed by atoms with Crippen molar-refractivity contribution in [2.75, 3.05) is 6.61 Å². The van der Waals surface area contributed by atoms with E-state index in [1.54, 1.807) is 0 Å². The molecule has 0 unspecified atom stereocenters. The zero-order valence-corrected chi connectivity index (χ0v) is 18.5. The van der Waals surface area contributed by atoms with Crippen molar-refractivity contribution in [1.82, 2.24) is 0 Å². The fourth-order valence-electron chi connectivity index (χ4n) is 3.58. The van der Waals surface area contributed by atoms with Gasteiger partial charge >= 0.3 is 26.2 Å². The van der Waals surface area contributed by atoms with Crippen LogP contribution < -0.4 is 35.3 Å². The van der Waals surface area contributed by atoms with Gasteiger partial charge in [0.25, 0.3) is 0 Å². The van der Waals surface area contributed by atoms with Gasteiger partial charge in [-0.05, 0) is 25.3 Å². The third kappa shape index (κ3) is 3.99. The first-order valence-electron chi connectivity index (χ1n) is 8.15. The molecule has 0 heterocycles. The van der Waals surface area contributed by atoms with E-state index >= 15 is 0 Å². The minimum Gasteiger partial charge on any atom is -1.00 e. The summed E-state index contributed by atoms with van der Waals surface area (Å²) in [5, 5.41) is 14.2. The average molecular weight is 462 g/mol. The smallest absolute Gasteiger partial charge is 1.00 e. The second-order valence-electron chi connectivity index (χ2n) is 6.04. The summed E-state index contributed by atoms with van der Waals surface area (Å²) in [5.74, 6) is 0. The van der Waals surface area contributed by atoms with Gasteiger partial charge in [0, 0.05) is 6.61 Å². The number of halogens is 2. The van der Waals surface area contributed by atoms with Crippen LogP contribution in [0.2, 0.25) is 0 Å². The van der Waals surface area contributed by atoms with Crippen LogP contribution in [-0.4, -0.2) is 11.7 Å². The van der Waals surface area contributed by atoms with E-state index in [4.69, 9.17) is 5.11 Å². The van der Waals surface area contributed by atoms with Crippen LogP contribution in [0.1, 0.15) is 30.9 Å². The molecule has 0 atom stereocenters. The largest absolute Gasteiger partial charge is 3.00 e. The maximum Gasteiger partial charge on any atom is 3.00 e.